The molecule has 0 aromatic carbocycles. The van der Waals surface area contributed by atoms with E-state index in [1.54, 1.807) is 4.90 Å². The molecule has 2 amide bonds. The average Bonchev–Trinajstić information content (AvgIpc) is 3.06. The van der Waals surface area contributed by atoms with Gasteiger partial charge in [0.15, 0.2) is 0 Å². The van der Waals surface area contributed by atoms with Crippen molar-refractivity contribution in [1.82, 2.24) is 10.2 Å². The Kier molecular flexibility index (Phi) is 4.09. The summed E-state index contributed by atoms with van der Waals surface area (Å²) in [6.45, 7) is 3.55. The Bertz CT molecular complexity index is 328. The molecule has 0 radical (unpaired) electrons. The van der Waals surface area contributed by atoms with Crippen LogP contribution in [0.1, 0.15) is 39.0 Å². The maximum atomic E-state index is 12.0. The number of hydrogen-bond donors (Lipinski definition) is 2. The zero-order chi connectivity index (χ0) is 13.1. The Balaban J connectivity index is 1.77. The van der Waals surface area contributed by atoms with Crippen LogP contribution in [0.2, 0.25) is 0 Å². The zero-order valence-corrected chi connectivity index (χ0v) is 10.9. The summed E-state index contributed by atoms with van der Waals surface area (Å²) in [6, 6.07) is -0.218. The van der Waals surface area contributed by atoms with Crippen LogP contribution < -0.4 is 5.32 Å². The minimum atomic E-state index is -0.828. The predicted molar refractivity (Wildman–Crippen MR) is 67.3 cm³/mol. The molecule has 0 aromatic heterocycles. The van der Waals surface area contributed by atoms with Gasteiger partial charge in [0, 0.05) is 19.1 Å². The second-order valence-electron chi connectivity index (χ2n) is 5.59. The van der Waals surface area contributed by atoms with Crippen LogP contribution in [0.4, 0.5) is 4.79 Å². The molecule has 2 unspecified atom stereocenters. The molecule has 2 atom stereocenters. The average molecular weight is 254 g/mol. The number of likely N-dealkylation sites (tertiary alicyclic amines) is 1. The lowest BCUT2D eigenvalue weighted by molar-refractivity contribution is -0.137. The third kappa shape index (κ3) is 3.37. The maximum Gasteiger partial charge on any atom is 0.317 e. The first-order chi connectivity index (χ1) is 8.58. The van der Waals surface area contributed by atoms with E-state index >= 15 is 0 Å². The van der Waals surface area contributed by atoms with Crippen molar-refractivity contribution >= 4 is 12.0 Å². The molecule has 2 fully saturated rings. The number of aliphatic carboxylic acids is 1. The summed E-state index contributed by atoms with van der Waals surface area (Å²) in [6.07, 6.45) is 4.33. The van der Waals surface area contributed by atoms with E-state index in [-0.39, 0.29) is 18.5 Å². The van der Waals surface area contributed by atoms with Crippen LogP contribution in [0.3, 0.4) is 0 Å². The van der Waals surface area contributed by atoms with Gasteiger partial charge in [-0.1, -0.05) is 6.92 Å². The van der Waals surface area contributed by atoms with Gasteiger partial charge in [-0.2, -0.15) is 0 Å². The van der Waals surface area contributed by atoms with Gasteiger partial charge in [-0.3, -0.25) is 4.79 Å². The Hall–Kier alpha value is -1.26. The number of carbonyl (C=O) groups is 2. The Morgan fingerprint density at radius 2 is 2.11 bits per heavy atom. The highest BCUT2D eigenvalue weighted by atomic mass is 16.4. The van der Waals surface area contributed by atoms with Gasteiger partial charge in [0.1, 0.15) is 0 Å². The minimum Gasteiger partial charge on any atom is -0.481 e. The first kappa shape index (κ1) is 13.2. The molecule has 1 aliphatic carbocycles. The molecular weight excluding hydrogens is 232 g/mol. The van der Waals surface area contributed by atoms with E-state index in [1.807, 2.05) is 0 Å². The smallest absolute Gasteiger partial charge is 0.317 e. The first-order valence-electron chi connectivity index (χ1n) is 6.84. The van der Waals surface area contributed by atoms with Crippen molar-refractivity contribution < 1.29 is 14.7 Å². The molecule has 0 bridgehead atoms. The highest BCUT2D eigenvalue weighted by molar-refractivity contribution is 5.76. The van der Waals surface area contributed by atoms with Crippen LogP contribution in [0.15, 0.2) is 0 Å². The van der Waals surface area contributed by atoms with Gasteiger partial charge in [-0.25, -0.2) is 4.79 Å². The molecule has 1 saturated carbocycles. The number of amides is 2. The summed E-state index contributed by atoms with van der Waals surface area (Å²) in [7, 11) is 0. The van der Waals surface area contributed by atoms with Crippen LogP contribution in [-0.4, -0.2) is 41.1 Å². The topological polar surface area (TPSA) is 69.6 Å². The highest BCUT2D eigenvalue weighted by Crippen LogP contribution is 2.36. The summed E-state index contributed by atoms with van der Waals surface area (Å²) in [5.74, 6) is 0.485. The molecule has 5 nitrogen and oxygen atoms in total. The number of carboxylic acids is 1. The standard InChI is InChI=1S/C13H22N2O3/c1-9(10-4-5-10)8-14-13(18)15-6-2-3-11(15)7-12(16)17/h9-11H,2-8H2,1H3,(H,14,18)(H,16,17). The van der Waals surface area contributed by atoms with E-state index in [2.05, 4.69) is 12.2 Å². The van der Waals surface area contributed by atoms with Crippen molar-refractivity contribution in [1.29, 1.82) is 0 Å². The van der Waals surface area contributed by atoms with Gasteiger partial charge in [-0.05, 0) is 37.5 Å². The summed E-state index contributed by atoms with van der Waals surface area (Å²) in [5.41, 5.74) is 0. The van der Waals surface area contributed by atoms with Crippen LogP contribution in [0.25, 0.3) is 0 Å². The molecular formula is C13H22N2O3. The third-order valence-corrected chi connectivity index (χ3v) is 4.05. The number of nitrogens with zero attached hydrogens (tertiary/aromatic N) is 1. The SMILES string of the molecule is CC(CNC(=O)N1CCCC1CC(=O)O)C1CC1. The number of hydrogen-bond acceptors (Lipinski definition) is 2. The van der Waals surface area contributed by atoms with Crippen molar-refractivity contribution in [3.63, 3.8) is 0 Å². The van der Waals surface area contributed by atoms with Crippen LogP contribution in [0, 0.1) is 11.8 Å². The van der Waals surface area contributed by atoms with Crippen molar-refractivity contribution in [2.24, 2.45) is 11.8 Å². The summed E-state index contributed by atoms with van der Waals surface area (Å²) < 4.78 is 0. The second-order valence-corrected chi connectivity index (χ2v) is 5.59. The van der Waals surface area contributed by atoms with Crippen molar-refractivity contribution in [2.45, 2.75) is 45.1 Å². The highest BCUT2D eigenvalue weighted by Gasteiger charge is 2.32. The Morgan fingerprint density at radius 1 is 1.39 bits per heavy atom. The molecule has 1 heterocycles. The molecule has 5 heteroatoms. The number of carbonyl (C=O) groups excluding carboxylic acids is 1. The van der Waals surface area contributed by atoms with Crippen LogP contribution in [0.5, 0.6) is 0 Å². The summed E-state index contributed by atoms with van der Waals surface area (Å²) in [4.78, 5) is 24.4. The lowest BCUT2D eigenvalue weighted by Crippen LogP contribution is -2.44. The van der Waals surface area contributed by atoms with Crippen molar-refractivity contribution in [3.05, 3.63) is 0 Å². The number of urea groups is 1. The van der Waals surface area contributed by atoms with E-state index in [4.69, 9.17) is 5.11 Å². The Morgan fingerprint density at radius 3 is 2.72 bits per heavy atom. The monoisotopic (exact) mass is 254 g/mol. The lowest BCUT2D eigenvalue weighted by atomic mass is 10.1. The quantitative estimate of drug-likeness (QED) is 0.784. The van der Waals surface area contributed by atoms with E-state index in [1.165, 1.54) is 12.8 Å². The molecule has 1 saturated heterocycles. The van der Waals surface area contributed by atoms with Gasteiger partial charge >= 0.3 is 12.0 Å². The largest absolute Gasteiger partial charge is 0.481 e. The molecule has 18 heavy (non-hydrogen) atoms. The molecule has 1 aliphatic heterocycles. The number of rotatable bonds is 5. The first-order valence-corrected chi connectivity index (χ1v) is 6.84. The normalized spacial score (nSPS) is 24.9. The fraction of sp³-hybridized carbons (Fsp3) is 0.846. The van der Waals surface area contributed by atoms with E-state index in [0.717, 1.165) is 18.8 Å². The van der Waals surface area contributed by atoms with E-state index < -0.39 is 5.97 Å². The van der Waals surface area contributed by atoms with Crippen LogP contribution in [-0.2, 0) is 4.79 Å². The van der Waals surface area contributed by atoms with Crippen molar-refractivity contribution in [3.8, 4) is 0 Å². The van der Waals surface area contributed by atoms with Gasteiger partial charge in [0.2, 0.25) is 0 Å². The van der Waals surface area contributed by atoms with E-state index in [9.17, 15) is 9.59 Å². The fourth-order valence-electron chi connectivity index (χ4n) is 2.70. The Labute approximate surface area is 108 Å². The number of nitrogens with one attached hydrogen (secondary N) is 1. The molecule has 2 aliphatic rings. The van der Waals surface area contributed by atoms with Gasteiger partial charge in [-0.15, -0.1) is 0 Å². The van der Waals surface area contributed by atoms with E-state index in [0.29, 0.717) is 19.0 Å². The van der Waals surface area contributed by atoms with Gasteiger partial charge in [0.05, 0.1) is 6.42 Å². The second kappa shape index (κ2) is 5.59. The molecule has 102 valence electrons. The van der Waals surface area contributed by atoms with Crippen molar-refractivity contribution in [2.75, 3.05) is 13.1 Å². The van der Waals surface area contributed by atoms with Gasteiger partial charge in [0.25, 0.3) is 0 Å². The summed E-state index contributed by atoms with van der Waals surface area (Å²) >= 11 is 0. The molecule has 2 N–H and O–H groups in total. The molecule has 0 aromatic rings. The van der Waals surface area contributed by atoms with Crippen LogP contribution >= 0.6 is 0 Å². The predicted octanol–water partition coefficient (Wildman–Crippen LogP) is 1.68. The fourth-order valence-corrected chi connectivity index (χ4v) is 2.70. The number of carboxylic acid groups (broad SMARTS) is 1. The third-order valence-electron chi connectivity index (χ3n) is 4.05. The lowest BCUT2D eigenvalue weighted by Gasteiger charge is -2.24. The molecule has 0 spiro atoms. The maximum absolute atomic E-state index is 12.0. The van der Waals surface area contributed by atoms with Gasteiger partial charge < -0.3 is 15.3 Å². The molecule has 2 rings (SSSR count). The summed E-state index contributed by atoms with van der Waals surface area (Å²) in [5, 5.41) is 11.8. The minimum absolute atomic E-state index is 0.0611. The zero-order valence-electron chi connectivity index (χ0n) is 10.9.